The summed E-state index contributed by atoms with van der Waals surface area (Å²) in [7, 11) is 3.23. The first-order valence-corrected chi connectivity index (χ1v) is 12.1. The summed E-state index contributed by atoms with van der Waals surface area (Å²) >= 11 is 0. The first-order chi connectivity index (χ1) is 16.1. The van der Waals surface area contributed by atoms with Gasteiger partial charge in [-0.1, -0.05) is 13.8 Å². The van der Waals surface area contributed by atoms with Gasteiger partial charge in [0.1, 0.15) is 5.60 Å². The fraction of sp³-hybridized carbons (Fsp3) is 0.692. The predicted molar refractivity (Wildman–Crippen MR) is 132 cm³/mol. The van der Waals surface area contributed by atoms with Crippen molar-refractivity contribution in [2.24, 2.45) is 5.92 Å². The molecule has 0 N–H and O–H groups in total. The Kier molecular flexibility index (Phi) is 10.5. The van der Waals surface area contributed by atoms with Gasteiger partial charge in [0.05, 0.1) is 13.7 Å². The van der Waals surface area contributed by atoms with Crippen molar-refractivity contribution < 1.29 is 28.5 Å². The number of ether oxygens (including phenoxy) is 4. The van der Waals surface area contributed by atoms with Crippen molar-refractivity contribution in [2.45, 2.75) is 65.5 Å². The molecule has 2 amide bonds. The summed E-state index contributed by atoms with van der Waals surface area (Å²) in [4.78, 5) is 30.0. The molecule has 1 fully saturated rings. The van der Waals surface area contributed by atoms with E-state index in [0.29, 0.717) is 49.9 Å². The minimum atomic E-state index is -0.555. The third-order valence-electron chi connectivity index (χ3n) is 5.47. The second kappa shape index (κ2) is 12.8. The highest BCUT2D eigenvalue weighted by atomic mass is 16.6. The Bertz CT molecular complexity index is 805. The van der Waals surface area contributed by atoms with Gasteiger partial charge in [0.2, 0.25) is 0 Å². The molecule has 8 heteroatoms. The molecular formula is C26H42N2O6. The monoisotopic (exact) mass is 478 g/mol. The molecule has 192 valence electrons. The van der Waals surface area contributed by atoms with Crippen LogP contribution in [0.25, 0.3) is 0 Å². The van der Waals surface area contributed by atoms with Crippen LogP contribution >= 0.6 is 0 Å². The number of nitrogens with zero attached hydrogens (tertiary/aromatic N) is 2. The summed E-state index contributed by atoms with van der Waals surface area (Å²) in [6.07, 6.45) is 2.07. The molecule has 2 rings (SSSR count). The molecule has 0 unspecified atom stereocenters. The van der Waals surface area contributed by atoms with E-state index in [9.17, 15) is 9.59 Å². The molecule has 0 spiro atoms. The number of hydrogen-bond acceptors (Lipinski definition) is 6. The SMILES string of the molecule is COCCCOc1cc(C(=O)N(CC(C)C)[C@@H]2CCCN(C(=O)OC(C)(C)C)C2)ccc1OC. The van der Waals surface area contributed by atoms with E-state index in [1.165, 1.54) is 0 Å². The van der Waals surface area contributed by atoms with E-state index in [-0.39, 0.29) is 24.0 Å². The molecule has 1 saturated heterocycles. The Labute approximate surface area is 204 Å². The first kappa shape index (κ1) is 27.8. The average Bonchev–Trinajstić information content (AvgIpc) is 2.78. The van der Waals surface area contributed by atoms with E-state index in [1.54, 1.807) is 37.3 Å². The predicted octanol–water partition coefficient (Wildman–Crippen LogP) is 4.61. The van der Waals surface area contributed by atoms with Crippen molar-refractivity contribution in [1.29, 1.82) is 0 Å². The topological polar surface area (TPSA) is 77.5 Å². The van der Waals surface area contributed by atoms with E-state index in [2.05, 4.69) is 13.8 Å². The summed E-state index contributed by atoms with van der Waals surface area (Å²) in [6, 6.07) is 5.20. The summed E-state index contributed by atoms with van der Waals surface area (Å²) in [6.45, 7) is 12.5. The third-order valence-corrected chi connectivity index (χ3v) is 5.47. The van der Waals surface area contributed by atoms with Crippen LogP contribution < -0.4 is 9.47 Å². The van der Waals surface area contributed by atoms with Crippen molar-refractivity contribution in [1.82, 2.24) is 9.80 Å². The van der Waals surface area contributed by atoms with Gasteiger partial charge in [0.25, 0.3) is 5.91 Å². The van der Waals surface area contributed by atoms with Crippen molar-refractivity contribution >= 4 is 12.0 Å². The Morgan fingerprint density at radius 3 is 2.50 bits per heavy atom. The van der Waals surface area contributed by atoms with Crippen LogP contribution in [-0.2, 0) is 9.47 Å². The van der Waals surface area contributed by atoms with Crippen LogP contribution in [0.15, 0.2) is 18.2 Å². The molecule has 1 aliphatic rings. The molecule has 34 heavy (non-hydrogen) atoms. The summed E-state index contributed by atoms with van der Waals surface area (Å²) in [5, 5.41) is 0. The van der Waals surface area contributed by atoms with Crippen LogP contribution in [0.5, 0.6) is 11.5 Å². The standard InChI is InChI=1S/C26H42N2O6/c1-19(2)17-28(21-10-8-13-27(18-21)25(30)34-26(3,4)5)24(29)20-11-12-22(32-7)23(16-20)33-15-9-14-31-6/h11-12,16,19,21H,8-10,13-15,17-18H2,1-7H3/t21-/m1/s1. The zero-order valence-electron chi connectivity index (χ0n) is 21.9. The zero-order chi connectivity index (χ0) is 25.3. The van der Waals surface area contributed by atoms with Gasteiger partial charge in [-0.05, 0) is 57.7 Å². The maximum absolute atomic E-state index is 13.7. The molecule has 1 heterocycles. The largest absolute Gasteiger partial charge is 0.493 e. The molecule has 1 atom stereocenters. The second-order valence-electron chi connectivity index (χ2n) is 10.1. The molecule has 0 aliphatic carbocycles. The highest BCUT2D eigenvalue weighted by molar-refractivity contribution is 5.95. The van der Waals surface area contributed by atoms with Gasteiger partial charge in [-0.3, -0.25) is 4.79 Å². The number of piperidine rings is 1. The van der Waals surface area contributed by atoms with E-state index in [4.69, 9.17) is 18.9 Å². The lowest BCUT2D eigenvalue weighted by atomic mass is 10.0. The van der Waals surface area contributed by atoms with Crippen molar-refractivity contribution in [3.63, 3.8) is 0 Å². The third kappa shape index (κ3) is 8.38. The highest BCUT2D eigenvalue weighted by Crippen LogP contribution is 2.30. The minimum Gasteiger partial charge on any atom is -0.493 e. The Morgan fingerprint density at radius 2 is 1.88 bits per heavy atom. The van der Waals surface area contributed by atoms with Gasteiger partial charge in [-0.2, -0.15) is 0 Å². The number of carbonyl (C=O) groups is 2. The smallest absolute Gasteiger partial charge is 0.410 e. The summed E-state index contributed by atoms with van der Waals surface area (Å²) in [5.74, 6) is 1.32. The summed E-state index contributed by atoms with van der Waals surface area (Å²) in [5.41, 5.74) is -0.0159. The van der Waals surface area contributed by atoms with E-state index in [0.717, 1.165) is 19.3 Å². The van der Waals surface area contributed by atoms with Gasteiger partial charge >= 0.3 is 6.09 Å². The van der Waals surface area contributed by atoms with Crippen molar-refractivity contribution in [3.8, 4) is 11.5 Å². The fourth-order valence-corrected chi connectivity index (χ4v) is 3.97. The highest BCUT2D eigenvalue weighted by Gasteiger charge is 2.33. The van der Waals surface area contributed by atoms with Crippen molar-refractivity contribution in [2.75, 3.05) is 47.1 Å². The number of rotatable bonds is 10. The fourth-order valence-electron chi connectivity index (χ4n) is 3.97. The number of hydrogen-bond donors (Lipinski definition) is 0. The number of methoxy groups -OCH3 is 2. The molecule has 1 aromatic carbocycles. The number of carbonyl (C=O) groups excluding carboxylic acids is 2. The van der Waals surface area contributed by atoms with E-state index in [1.807, 2.05) is 25.7 Å². The summed E-state index contributed by atoms with van der Waals surface area (Å²) < 4.78 is 21.9. The first-order valence-electron chi connectivity index (χ1n) is 12.1. The van der Waals surface area contributed by atoms with Gasteiger partial charge in [-0.25, -0.2) is 4.79 Å². The Hall–Kier alpha value is -2.48. The van der Waals surface area contributed by atoms with Gasteiger partial charge < -0.3 is 28.7 Å². The zero-order valence-corrected chi connectivity index (χ0v) is 21.9. The molecule has 0 aromatic heterocycles. The Morgan fingerprint density at radius 1 is 1.15 bits per heavy atom. The number of benzene rings is 1. The van der Waals surface area contributed by atoms with E-state index >= 15 is 0 Å². The number of amides is 2. The van der Waals surface area contributed by atoms with E-state index < -0.39 is 5.60 Å². The van der Waals surface area contributed by atoms with Crippen LogP contribution in [0, 0.1) is 5.92 Å². The van der Waals surface area contributed by atoms with Crippen LogP contribution in [0.2, 0.25) is 0 Å². The quantitative estimate of drug-likeness (QED) is 0.457. The lowest BCUT2D eigenvalue weighted by Crippen LogP contribution is -2.53. The van der Waals surface area contributed by atoms with Gasteiger partial charge in [0.15, 0.2) is 11.5 Å². The maximum atomic E-state index is 13.7. The molecular weight excluding hydrogens is 436 g/mol. The molecule has 0 radical (unpaired) electrons. The lowest BCUT2D eigenvalue weighted by molar-refractivity contribution is 0.00946. The van der Waals surface area contributed by atoms with Crippen LogP contribution in [0.3, 0.4) is 0 Å². The minimum absolute atomic E-state index is 0.0749. The van der Waals surface area contributed by atoms with Gasteiger partial charge in [0, 0.05) is 51.4 Å². The van der Waals surface area contributed by atoms with Crippen LogP contribution in [0.1, 0.15) is 64.2 Å². The molecule has 1 aliphatic heterocycles. The average molecular weight is 479 g/mol. The Balaban J connectivity index is 2.22. The molecule has 8 nitrogen and oxygen atoms in total. The normalized spacial score (nSPS) is 16.4. The molecule has 1 aromatic rings. The molecule has 0 bridgehead atoms. The van der Waals surface area contributed by atoms with Crippen molar-refractivity contribution in [3.05, 3.63) is 23.8 Å². The second-order valence-corrected chi connectivity index (χ2v) is 10.1. The van der Waals surface area contributed by atoms with Gasteiger partial charge in [-0.15, -0.1) is 0 Å². The maximum Gasteiger partial charge on any atom is 0.410 e. The molecule has 0 saturated carbocycles. The lowest BCUT2D eigenvalue weighted by Gasteiger charge is -2.40. The van der Waals surface area contributed by atoms with Crippen LogP contribution in [-0.4, -0.2) is 80.5 Å². The van der Waals surface area contributed by atoms with Crippen LogP contribution in [0.4, 0.5) is 4.79 Å². The number of likely N-dealkylation sites (tertiary alicyclic amines) is 1.